The predicted octanol–water partition coefficient (Wildman–Crippen LogP) is 4.44. The monoisotopic (exact) mass is 451 g/mol. The average Bonchev–Trinajstić information content (AvgIpc) is 3.39. The summed E-state index contributed by atoms with van der Waals surface area (Å²) in [6, 6.07) is 7.17. The van der Waals surface area contributed by atoms with E-state index in [1.165, 1.54) is 0 Å². The second-order valence-corrected chi connectivity index (χ2v) is 8.72. The van der Waals surface area contributed by atoms with Crippen LogP contribution in [0.15, 0.2) is 42.7 Å². The smallest absolute Gasteiger partial charge is 0.254 e. The van der Waals surface area contributed by atoms with Crippen LogP contribution in [-0.2, 0) is 13.5 Å². The third kappa shape index (κ3) is 2.98. The maximum atomic E-state index is 14.0. The average molecular weight is 451 g/mol. The molecule has 0 N–H and O–H groups in total. The summed E-state index contributed by atoms with van der Waals surface area (Å²) >= 11 is 0. The van der Waals surface area contributed by atoms with Crippen molar-refractivity contribution in [2.75, 3.05) is 0 Å². The number of hydrogen-bond donors (Lipinski definition) is 0. The number of halogens is 3. The highest BCUT2D eigenvalue weighted by atomic mass is 19.2. The molecule has 2 aliphatic rings. The molecular formula is C24H20F3N5O. The molecule has 1 saturated heterocycles. The van der Waals surface area contributed by atoms with E-state index in [-0.39, 0.29) is 23.6 Å². The Morgan fingerprint density at radius 3 is 2.67 bits per heavy atom. The summed E-state index contributed by atoms with van der Waals surface area (Å²) in [6.45, 7) is 0. The molecule has 2 aliphatic heterocycles. The molecule has 2 bridgehead atoms. The minimum absolute atomic E-state index is 0.0528. The lowest BCUT2D eigenvalue weighted by atomic mass is 9.81. The van der Waals surface area contributed by atoms with E-state index >= 15 is 0 Å². The van der Waals surface area contributed by atoms with E-state index in [0.29, 0.717) is 17.7 Å². The van der Waals surface area contributed by atoms with Gasteiger partial charge in [-0.2, -0.15) is 10.2 Å². The van der Waals surface area contributed by atoms with Gasteiger partial charge in [0.15, 0.2) is 17.5 Å². The molecule has 3 aromatic heterocycles. The minimum atomic E-state index is -1.49. The standard InChI is InChI=1S/C24H20F3N5O/c1-30-23(14-10-18(25)21(27)19(26)11-14)17-12-16-3-2-4-20(22(17)29-30)32(16)24(33)13-6-8-31-15(9-13)5-7-28-31/h5-11,16,20H,2-4,12H2,1H3. The van der Waals surface area contributed by atoms with Crippen LogP contribution in [0.2, 0.25) is 0 Å². The number of piperidine rings is 1. The molecule has 168 valence electrons. The summed E-state index contributed by atoms with van der Waals surface area (Å²) in [5.74, 6) is -4.02. The maximum absolute atomic E-state index is 14.0. The number of benzene rings is 1. The van der Waals surface area contributed by atoms with Crippen molar-refractivity contribution in [3.05, 3.63) is 77.0 Å². The first-order chi connectivity index (χ1) is 15.9. The van der Waals surface area contributed by atoms with Gasteiger partial charge in [0.25, 0.3) is 5.91 Å². The van der Waals surface area contributed by atoms with Crippen molar-refractivity contribution in [2.24, 2.45) is 7.05 Å². The Hall–Kier alpha value is -3.62. The molecule has 4 aromatic rings. The topological polar surface area (TPSA) is 55.4 Å². The third-order valence-electron chi connectivity index (χ3n) is 6.81. The summed E-state index contributed by atoms with van der Waals surface area (Å²) in [6.07, 6.45) is 6.53. The molecule has 33 heavy (non-hydrogen) atoms. The second-order valence-electron chi connectivity index (χ2n) is 8.72. The van der Waals surface area contributed by atoms with Crippen LogP contribution in [0, 0.1) is 17.5 Å². The Morgan fingerprint density at radius 1 is 1.09 bits per heavy atom. The number of fused-ring (bicyclic) bond motifs is 5. The normalized spacial score (nSPS) is 19.7. The van der Waals surface area contributed by atoms with Crippen LogP contribution in [0.1, 0.15) is 46.9 Å². The lowest BCUT2D eigenvalue weighted by Gasteiger charge is -2.45. The molecule has 6 rings (SSSR count). The number of nitrogens with zero attached hydrogens (tertiary/aromatic N) is 5. The number of carbonyl (C=O) groups is 1. The molecule has 1 fully saturated rings. The van der Waals surface area contributed by atoms with Gasteiger partial charge in [-0.15, -0.1) is 0 Å². The van der Waals surface area contributed by atoms with Crippen LogP contribution in [0.25, 0.3) is 16.8 Å². The molecule has 1 aromatic carbocycles. The number of pyridine rings is 1. The minimum Gasteiger partial charge on any atom is -0.327 e. The lowest BCUT2D eigenvalue weighted by molar-refractivity contribution is 0.0392. The summed E-state index contributed by atoms with van der Waals surface area (Å²) < 4.78 is 44.8. The van der Waals surface area contributed by atoms with Crippen LogP contribution in [0.5, 0.6) is 0 Å². The Balaban J connectivity index is 1.43. The van der Waals surface area contributed by atoms with Crippen molar-refractivity contribution in [2.45, 2.75) is 37.8 Å². The van der Waals surface area contributed by atoms with Gasteiger partial charge < -0.3 is 4.90 Å². The van der Waals surface area contributed by atoms with E-state index in [0.717, 1.165) is 48.2 Å². The second kappa shape index (κ2) is 7.19. The van der Waals surface area contributed by atoms with Gasteiger partial charge in [-0.05, 0) is 56.0 Å². The Labute approximate surface area is 187 Å². The molecule has 0 aliphatic carbocycles. The first kappa shape index (κ1) is 20.0. The number of aromatic nitrogens is 4. The van der Waals surface area contributed by atoms with Gasteiger partial charge in [0.2, 0.25) is 0 Å². The van der Waals surface area contributed by atoms with Gasteiger partial charge in [-0.1, -0.05) is 0 Å². The quantitative estimate of drug-likeness (QED) is 0.424. The van der Waals surface area contributed by atoms with Crippen molar-refractivity contribution < 1.29 is 18.0 Å². The molecule has 0 saturated carbocycles. The van der Waals surface area contributed by atoms with Gasteiger partial charge in [0, 0.05) is 42.2 Å². The van der Waals surface area contributed by atoms with Crippen molar-refractivity contribution in [3.8, 4) is 11.3 Å². The number of hydrogen-bond acceptors (Lipinski definition) is 3. The number of carbonyl (C=O) groups excluding carboxylic acids is 1. The van der Waals surface area contributed by atoms with E-state index in [2.05, 4.69) is 10.2 Å². The third-order valence-corrected chi connectivity index (χ3v) is 6.81. The van der Waals surface area contributed by atoms with Gasteiger partial charge in [0.05, 0.1) is 22.9 Å². The van der Waals surface area contributed by atoms with Crippen molar-refractivity contribution in [3.63, 3.8) is 0 Å². The molecule has 2 unspecified atom stereocenters. The number of amides is 1. The zero-order valence-corrected chi connectivity index (χ0v) is 17.8. The number of aryl methyl sites for hydroxylation is 1. The van der Waals surface area contributed by atoms with Crippen LogP contribution in [0.4, 0.5) is 13.2 Å². The number of rotatable bonds is 2. The molecular weight excluding hydrogens is 431 g/mol. The Morgan fingerprint density at radius 2 is 1.88 bits per heavy atom. The predicted molar refractivity (Wildman–Crippen MR) is 114 cm³/mol. The van der Waals surface area contributed by atoms with Crippen molar-refractivity contribution in [1.29, 1.82) is 0 Å². The Bertz CT molecular complexity index is 1400. The fourth-order valence-corrected chi connectivity index (χ4v) is 5.41. The van der Waals surface area contributed by atoms with Crippen LogP contribution < -0.4 is 0 Å². The van der Waals surface area contributed by atoms with Gasteiger partial charge >= 0.3 is 0 Å². The highest BCUT2D eigenvalue weighted by Crippen LogP contribution is 2.45. The first-order valence-corrected chi connectivity index (χ1v) is 10.9. The molecule has 5 heterocycles. The Kier molecular flexibility index (Phi) is 4.36. The largest absolute Gasteiger partial charge is 0.327 e. The first-order valence-electron chi connectivity index (χ1n) is 10.9. The summed E-state index contributed by atoms with van der Waals surface area (Å²) in [4.78, 5) is 15.5. The van der Waals surface area contributed by atoms with Crippen LogP contribution in [0.3, 0.4) is 0 Å². The molecule has 6 nitrogen and oxygen atoms in total. The SMILES string of the molecule is Cn1nc2c(c1-c1cc(F)c(F)c(F)c1)CC1CCCC2N1C(=O)c1ccn2nccc2c1. The molecule has 2 atom stereocenters. The van der Waals surface area contributed by atoms with Crippen molar-refractivity contribution in [1.82, 2.24) is 24.3 Å². The zero-order chi connectivity index (χ0) is 22.9. The van der Waals surface area contributed by atoms with Crippen LogP contribution in [-0.4, -0.2) is 36.2 Å². The zero-order valence-electron chi connectivity index (χ0n) is 17.8. The van der Waals surface area contributed by atoms with E-state index in [9.17, 15) is 18.0 Å². The van der Waals surface area contributed by atoms with Gasteiger partial charge in [-0.3, -0.25) is 9.48 Å². The fourth-order valence-electron chi connectivity index (χ4n) is 5.41. The summed E-state index contributed by atoms with van der Waals surface area (Å²) in [5.41, 5.74) is 3.84. The van der Waals surface area contributed by atoms with E-state index in [4.69, 9.17) is 0 Å². The lowest BCUT2D eigenvalue weighted by Crippen LogP contribution is -2.49. The van der Waals surface area contributed by atoms with E-state index in [1.807, 2.05) is 17.0 Å². The highest BCUT2D eigenvalue weighted by Gasteiger charge is 2.43. The van der Waals surface area contributed by atoms with E-state index in [1.54, 1.807) is 34.7 Å². The fraction of sp³-hybridized carbons (Fsp3) is 0.292. The molecule has 0 radical (unpaired) electrons. The van der Waals surface area contributed by atoms with Crippen molar-refractivity contribution >= 4 is 11.4 Å². The van der Waals surface area contributed by atoms with Gasteiger partial charge in [0.1, 0.15) is 0 Å². The summed E-state index contributed by atoms with van der Waals surface area (Å²) in [7, 11) is 1.70. The highest BCUT2D eigenvalue weighted by molar-refractivity contribution is 5.96. The maximum Gasteiger partial charge on any atom is 0.254 e. The van der Waals surface area contributed by atoms with E-state index < -0.39 is 17.5 Å². The molecule has 9 heteroatoms. The van der Waals surface area contributed by atoms with Crippen LogP contribution >= 0.6 is 0 Å². The molecule has 1 amide bonds. The summed E-state index contributed by atoms with van der Waals surface area (Å²) in [5, 5.41) is 8.85. The molecule has 0 spiro atoms. The van der Waals surface area contributed by atoms with Gasteiger partial charge in [-0.25, -0.2) is 17.7 Å².